The molecule has 4 aliphatic rings. The molecule has 0 amide bonds. The maximum Gasteiger partial charge on any atom is 0.382 e. The number of allylic oxidation sites excluding steroid dienone is 1. The van der Waals surface area contributed by atoms with Crippen LogP contribution >= 0.6 is 0 Å². The van der Waals surface area contributed by atoms with Gasteiger partial charge in [0.15, 0.2) is 0 Å². The van der Waals surface area contributed by atoms with Gasteiger partial charge in [-0.1, -0.05) is 76.6 Å². The Morgan fingerprint density at radius 1 is 0.976 bits per heavy atom. The number of benzene rings is 1. The van der Waals surface area contributed by atoms with Crippen LogP contribution in [0, 0.1) is 46.3 Å². The zero-order valence-electron chi connectivity index (χ0n) is 26.2. The summed E-state index contributed by atoms with van der Waals surface area (Å²) in [5, 5.41) is 11.1. The lowest BCUT2D eigenvalue weighted by atomic mass is 9.46. The van der Waals surface area contributed by atoms with Crippen molar-refractivity contribution in [1.82, 2.24) is 0 Å². The Morgan fingerprint density at radius 3 is 2.39 bits per heavy atom. The van der Waals surface area contributed by atoms with Crippen molar-refractivity contribution in [3.63, 3.8) is 0 Å². The highest BCUT2D eigenvalue weighted by Crippen LogP contribution is 2.68. The molecule has 4 aliphatic carbocycles. The average molecular weight is 565 g/mol. The second kappa shape index (κ2) is 11.6. The molecule has 0 spiro atoms. The van der Waals surface area contributed by atoms with Crippen molar-refractivity contribution in [3.8, 4) is 0 Å². The first-order chi connectivity index (χ1) is 19.4. The summed E-state index contributed by atoms with van der Waals surface area (Å²) in [4.78, 5) is 25.7. The van der Waals surface area contributed by atoms with Crippen LogP contribution in [0.3, 0.4) is 0 Å². The Morgan fingerprint density at radius 2 is 1.71 bits per heavy atom. The molecule has 1 aromatic rings. The van der Waals surface area contributed by atoms with Gasteiger partial charge in [-0.3, -0.25) is 4.79 Å². The van der Waals surface area contributed by atoms with Crippen LogP contribution in [0.25, 0.3) is 0 Å². The highest BCUT2D eigenvalue weighted by molar-refractivity contribution is 6.40. The van der Waals surface area contributed by atoms with Crippen molar-refractivity contribution in [3.05, 3.63) is 47.5 Å². The number of rotatable bonds is 9. The number of carbonyl (C=O) groups excluding carboxylic acids is 2. The fraction of sp³-hybridized carbons (Fsp3) is 0.722. The minimum absolute atomic E-state index is 0.0581. The van der Waals surface area contributed by atoms with Gasteiger partial charge < -0.3 is 14.6 Å². The highest BCUT2D eigenvalue weighted by Gasteiger charge is 2.61. The summed E-state index contributed by atoms with van der Waals surface area (Å²) < 4.78 is 11.8. The van der Waals surface area contributed by atoms with E-state index in [9.17, 15) is 14.7 Å². The van der Waals surface area contributed by atoms with E-state index < -0.39 is 17.5 Å². The first-order valence-electron chi connectivity index (χ1n) is 16.2. The Hall–Kier alpha value is -1.98. The second-order valence-corrected chi connectivity index (χ2v) is 14.8. The minimum atomic E-state index is -1.09. The SMILES string of the molecule is COC1(OC(=O)C(=O)c2ccccc2)CC[C@@]2(C)C(=CC[C@H]3[C@@H]4CC[C@H]([C@H](C)[C@@H](O)CCC(C)C)[C@@]4(C)CC[C@@H]32)C1. The zero-order chi connectivity index (χ0) is 29.6. The van der Waals surface area contributed by atoms with E-state index in [4.69, 9.17) is 9.47 Å². The number of hydrogen-bond donors (Lipinski definition) is 1. The minimum Gasteiger partial charge on any atom is -0.427 e. The molecule has 0 aromatic heterocycles. The molecule has 3 fully saturated rings. The molecule has 1 aromatic carbocycles. The van der Waals surface area contributed by atoms with Gasteiger partial charge in [-0.25, -0.2) is 4.79 Å². The predicted molar refractivity (Wildman–Crippen MR) is 161 cm³/mol. The second-order valence-electron chi connectivity index (χ2n) is 14.8. The van der Waals surface area contributed by atoms with Gasteiger partial charge in [0.05, 0.1) is 6.10 Å². The van der Waals surface area contributed by atoms with Gasteiger partial charge >= 0.3 is 5.97 Å². The summed E-state index contributed by atoms with van der Waals surface area (Å²) >= 11 is 0. The number of ether oxygens (including phenoxy) is 2. The monoisotopic (exact) mass is 564 g/mol. The molecule has 0 heterocycles. The van der Waals surface area contributed by atoms with Gasteiger partial charge in [0.25, 0.3) is 5.78 Å². The fourth-order valence-electron chi connectivity index (χ4n) is 9.77. The van der Waals surface area contributed by atoms with E-state index in [1.165, 1.54) is 31.3 Å². The lowest BCUT2D eigenvalue weighted by Gasteiger charge is -2.59. The zero-order valence-corrected chi connectivity index (χ0v) is 26.2. The Labute approximate surface area is 247 Å². The van der Waals surface area contributed by atoms with Crippen LogP contribution in [0.5, 0.6) is 0 Å². The smallest absolute Gasteiger partial charge is 0.382 e. The van der Waals surface area contributed by atoms with Crippen molar-refractivity contribution < 1.29 is 24.2 Å². The Kier molecular flexibility index (Phi) is 8.62. The quantitative estimate of drug-likeness (QED) is 0.109. The van der Waals surface area contributed by atoms with Crippen LogP contribution in [-0.4, -0.2) is 35.9 Å². The normalized spacial score (nSPS) is 37.8. The molecule has 0 radical (unpaired) electrons. The molecule has 0 bridgehead atoms. The summed E-state index contributed by atoms with van der Waals surface area (Å²) in [6, 6.07) is 8.60. The van der Waals surface area contributed by atoms with Crippen molar-refractivity contribution in [1.29, 1.82) is 0 Å². The van der Waals surface area contributed by atoms with Crippen LogP contribution in [0.15, 0.2) is 42.0 Å². The number of aliphatic hydroxyl groups excluding tert-OH is 1. The maximum absolute atomic E-state index is 12.9. The molecule has 9 atom stereocenters. The number of carbonyl (C=O) groups is 2. The standard InChI is InChI=1S/C36H52O5/c1-23(2)12-17-31(37)24(3)28-15-16-29-27-14-13-26-22-36(40-6,41-33(39)32(38)25-10-8-7-9-11-25)21-20-34(26,4)30(27)18-19-35(28,29)5/h7-11,13,23-24,27-31,37H,12,14-22H2,1-6H3/t24-,27-,28+,29-,30-,31-,34-,35+,36?/m0/s1. The fourth-order valence-corrected chi connectivity index (χ4v) is 9.77. The van der Waals surface area contributed by atoms with Crippen molar-refractivity contribution in [2.75, 3.05) is 7.11 Å². The molecular formula is C36H52O5. The van der Waals surface area contributed by atoms with E-state index in [2.05, 4.69) is 40.7 Å². The first-order valence-corrected chi connectivity index (χ1v) is 16.2. The summed E-state index contributed by atoms with van der Waals surface area (Å²) in [6.45, 7) is 11.8. The van der Waals surface area contributed by atoms with E-state index in [1.54, 1.807) is 31.4 Å². The van der Waals surface area contributed by atoms with Gasteiger partial charge in [-0.15, -0.1) is 0 Å². The number of aliphatic hydroxyl groups is 1. The number of hydrogen-bond acceptors (Lipinski definition) is 5. The van der Waals surface area contributed by atoms with Crippen LogP contribution in [-0.2, 0) is 14.3 Å². The third-order valence-corrected chi connectivity index (χ3v) is 12.3. The summed E-state index contributed by atoms with van der Waals surface area (Å²) in [7, 11) is 1.59. The average Bonchev–Trinajstić information content (AvgIpc) is 3.32. The number of ketones is 1. The Bertz CT molecular complexity index is 1140. The van der Waals surface area contributed by atoms with Crippen LogP contribution in [0.2, 0.25) is 0 Å². The molecule has 41 heavy (non-hydrogen) atoms. The van der Waals surface area contributed by atoms with E-state index in [1.807, 2.05) is 6.07 Å². The first kappa shape index (κ1) is 30.5. The molecule has 5 heteroatoms. The molecule has 3 saturated carbocycles. The number of methoxy groups -OCH3 is 1. The molecular weight excluding hydrogens is 512 g/mol. The van der Waals surface area contributed by atoms with Crippen LogP contribution in [0.1, 0.15) is 109 Å². The van der Waals surface area contributed by atoms with Crippen molar-refractivity contribution in [2.45, 2.75) is 111 Å². The van der Waals surface area contributed by atoms with E-state index in [0.717, 1.165) is 25.7 Å². The van der Waals surface area contributed by atoms with Crippen molar-refractivity contribution in [2.24, 2.45) is 46.3 Å². The molecule has 1 N–H and O–H groups in total. The van der Waals surface area contributed by atoms with Gasteiger partial charge in [0, 0.05) is 25.5 Å². The van der Waals surface area contributed by atoms with Crippen LogP contribution < -0.4 is 0 Å². The largest absolute Gasteiger partial charge is 0.427 e. The van der Waals surface area contributed by atoms with Crippen LogP contribution in [0.4, 0.5) is 0 Å². The highest BCUT2D eigenvalue weighted by atomic mass is 16.7. The number of esters is 1. The maximum atomic E-state index is 12.9. The lowest BCUT2D eigenvalue weighted by Crippen LogP contribution is -2.54. The summed E-state index contributed by atoms with van der Waals surface area (Å²) in [5.74, 6) is 0.952. The number of fused-ring (bicyclic) bond motifs is 5. The topological polar surface area (TPSA) is 72.8 Å². The molecule has 0 aliphatic heterocycles. The van der Waals surface area contributed by atoms with E-state index in [0.29, 0.717) is 59.3 Å². The third kappa shape index (κ3) is 5.46. The molecule has 5 rings (SSSR count). The number of Topliss-reactive ketones (excluding diaryl/α,β-unsaturated/α-hetero) is 1. The van der Waals surface area contributed by atoms with Gasteiger partial charge in [-0.05, 0) is 97.7 Å². The van der Waals surface area contributed by atoms with Gasteiger partial charge in [0.2, 0.25) is 5.79 Å². The predicted octanol–water partition coefficient (Wildman–Crippen LogP) is 7.77. The van der Waals surface area contributed by atoms with Crippen molar-refractivity contribution >= 4 is 11.8 Å². The Balaban J connectivity index is 1.30. The van der Waals surface area contributed by atoms with Gasteiger partial charge in [0.1, 0.15) is 0 Å². The van der Waals surface area contributed by atoms with Gasteiger partial charge in [-0.2, -0.15) is 0 Å². The third-order valence-electron chi connectivity index (χ3n) is 12.3. The molecule has 226 valence electrons. The molecule has 5 nitrogen and oxygen atoms in total. The van der Waals surface area contributed by atoms with E-state index >= 15 is 0 Å². The lowest BCUT2D eigenvalue weighted by molar-refractivity contribution is -0.232. The summed E-state index contributed by atoms with van der Waals surface area (Å²) in [5.41, 5.74) is 2.02. The summed E-state index contributed by atoms with van der Waals surface area (Å²) in [6.07, 6.45) is 12.2. The van der Waals surface area contributed by atoms with E-state index in [-0.39, 0.29) is 11.5 Å². The molecule has 1 unspecified atom stereocenters. The molecule has 0 saturated heterocycles.